The molecule has 1 saturated heterocycles. The number of anilines is 1. The maximum atomic E-state index is 12.5. The zero-order valence-electron chi connectivity index (χ0n) is 17.3. The number of hydrogen-bond acceptors (Lipinski definition) is 4. The monoisotopic (exact) mass is 404 g/mol. The summed E-state index contributed by atoms with van der Waals surface area (Å²) in [6.45, 7) is 4.29. The molecule has 1 atom stereocenters. The van der Waals surface area contributed by atoms with Gasteiger partial charge in [0, 0.05) is 18.0 Å². The van der Waals surface area contributed by atoms with E-state index in [1.807, 2.05) is 31.2 Å². The van der Waals surface area contributed by atoms with Gasteiger partial charge in [0.15, 0.2) is 0 Å². The zero-order chi connectivity index (χ0) is 20.9. The van der Waals surface area contributed by atoms with Crippen LogP contribution in [-0.2, 0) is 9.59 Å². The van der Waals surface area contributed by atoms with Crippen molar-refractivity contribution >= 4 is 23.2 Å². The molecule has 156 valence electrons. The van der Waals surface area contributed by atoms with Crippen molar-refractivity contribution in [1.82, 2.24) is 10.3 Å². The summed E-state index contributed by atoms with van der Waals surface area (Å²) in [6, 6.07) is 18.3. The van der Waals surface area contributed by atoms with E-state index in [1.165, 1.54) is 5.56 Å². The number of hydrazone groups is 1. The van der Waals surface area contributed by atoms with E-state index >= 15 is 0 Å². The number of amides is 2. The van der Waals surface area contributed by atoms with Gasteiger partial charge in [0.2, 0.25) is 11.8 Å². The summed E-state index contributed by atoms with van der Waals surface area (Å²) in [5, 5.41) is 7.17. The third-order valence-electron chi connectivity index (χ3n) is 5.95. The number of rotatable bonds is 5. The Morgan fingerprint density at radius 2 is 1.80 bits per heavy atom. The van der Waals surface area contributed by atoms with Crippen LogP contribution in [0.15, 0.2) is 59.7 Å². The molecule has 2 heterocycles. The summed E-state index contributed by atoms with van der Waals surface area (Å²) >= 11 is 0. The van der Waals surface area contributed by atoms with E-state index in [0.29, 0.717) is 18.9 Å². The highest BCUT2D eigenvalue weighted by molar-refractivity contribution is 6.06. The fraction of sp³-hybridized carbons (Fsp3) is 0.375. The lowest BCUT2D eigenvalue weighted by atomic mass is 9.89. The summed E-state index contributed by atoms with van der Waals surface area (Å²) < 4.78 is 0. The number of nitrogens with zero attached hydrogens (tertiary/aromatic N) is 2. The molecule has 6 nitrogen and oxygen atoms in total. The Morgan fingerprint density at radius 3 is 2.47 bits per heavy atom. The van der Waals surface area contributed by atoms with Gasteiger partial charge in [-0.25, -0.2) is 5.43 Å². The van der Waals surface area contributed by atoms with E-state index in [9.17, 15) is 9.59 Å². The maximum Gasteiger partial charge on any atom is 0.240 e. The Morgan fingerprint density at radius 1 is 1.10 bits per heavy atom. The number of carbonyl (C=O) groups is 2. The van der Waals surface area contributed by atoms with Crippen molar-refractivity contribution in [2.45, 2.75) is 32.1 Å². The minimum absolute atomic E-state index is 0.0107. The SMILES string of the molecule is CC1CC(=O)NN=C1c1ccc(NC(=O)CN2CCC(c3ccccc3)CC2)cc1. The molecule has 0 aliphatic carbocycles. The number of benzene rings is 2. The molecule has 2 aromatic carbocycles. The first kappa shape index (κ1) is 20.3. The molecule has 2 amide bonds. The normalized spacial score (nSPS) is 20.4. The summed E-state index contributed by atoms with van der Waals surface area (Å²) in [5.41, 5.74) is 6.55. The molecule has 1 unspecified atom stereocenters. The molecule has 2 aliphatic heterocycles. The number of likely N-dealkylation sites (tertiary alicyclic amines) is 1. The lowest BCUT2D eigenvalue weighted by Crippen LogP contribution is -2.38. The summed E-state index contributed by atoms with van der Waals surface area (Å²) in [7, 11) is 0. The second kappa shape index (κ2) is 9.22. The molecule has 4 rings (SSSR count). The van der Waals surface area contributed by atoms with Crippen LogP contribution in [0.2, 0.25) is 0 Å². The van der Waals surface area contributed by atoms with Crippen molar-refractivity contribution in [3.63, 3.8) is 0 Å². The van der Waals surface area contributed by atoms with Crippen LogP contribution in [0.4, 0.5) is 5.69 Å². The highest BCUT2D eigenvalue weighted by atomic mass is 16.2. The van der Waals surface area contributed by atoms with E-state index in [-0.39, 0.29) is 17.7 Å². The second-order valence-corrected chi connectivity index (χ2v) is 8.22. The van der Waals surface area contributed by atoms with Gasteiger partial charge in [-0.15, -0.1) is 0 Å². The van der Waals surface area contributed by atoms with Crippen LogP contribution in [-0.4, -0.2) is 42.1 Å². The Hall–Kier alpha value is -2.99. The molecule has 0 radical (unpaired) electrons. The van der Waals surface area contributed by atoms with E-state index in [2.05, 4.69) is 51.1 Å². The zero-order valence-corrected chi connectivity index (χ0v) is 17.3. The van der Waals surface area contributed by atoms with Crippen LogP contribution in [0.1, 0.15) is 43.2 Å². The van der Waals surface area contributed by atoms with Gasteiger partial charge in [0.25, 0.3) is 0 Å². The number of piperidine rings is 1. The Bertz CT molecular complexity index is 916. The second-order valence-electron chi connectivity index (χ2n) is 8.22. The summed E-state index contributed by atoms with van der Waals surface area (Å²) in [4.78, 5) is 26.1. The smallest absolute Gasteiger partial charge is 0.240 e. The predicted molar refractivity (Wildman–Crippen MR) is 118 cm³/mol. The molecule has 30 heavy (non-hydrogen) atoms. The van der Waals surface area contributed by atoms with Crippen LogP contribution in [0.3, 0.4) is 0 Å². The van der Waals surface area contributed by atoms with Gasteiger partial charge in [0.1, 0.15) is 0 Å². The molecule has 2 N–H and O–H groups in total. The minimum Gasteiger partial charge on any atom is -0.325 e. The third-order valence-corrected chi connectivity index (χ3v) is 5.95. The van der Waals surface area contributed by atoms with E-state index in [0.717, 1.165) is 42.9 Å². The summed E-state index contributed by atoms with van der Waals surface area (Å²) in [5.74, 6) is 0.630. The fourth-order valence-corrected chi connectivity index (χ4v) is 4.28. The lowest BCUT2D eigenvalue weighted by molar-refractivity contribution is -0.122. The van der Waals surface area contributed by atoms with Crippen molar-refractivity contribution in [1.29, 1.82) is 0 Å². The van der Waals surface area contributed by atoms with Gasteiger partial charge < -0.3 is 5.32 Å². The highest BCUT2D eigenvalue weighted by Crippen LogP contribution is 2.27. The molecule has 0 spiro atoms. The predicted octanol–water partition coefficient (Wildman–Crippen LogP) is 3.36. The third kappa shape index (κ3) is 4.94. The first-order chi connectivity index (χ1) is 14.6. The van der Waals surface area contributed by atoms with Crippen molar-refractivity contribution < 1.29 is 9.59 Å². The number of nitrogens with one attached hydrogen (secondary N) is 2. The topological polar surface area (TPSA) is 73.8 Å². The number of carbonyl (C=O) groups excluding carboxylic acids is 2. The van der Waals surface area contributed by atoms with Crippen molar-refractivity contribution in [3.05, 3.63) is 65.7 Å². The summed E-state index contributed by atoms with van der Waals surface area (Å²) in [6.07, 6.45) is 2.62. The average molecular weight is 405 g/mol. The van der Waals surface area contributed by atoms with Crippen molar-refractivity contribution in [3.8, 4) is 0 Å². The van der Waals surface area contributed by atoms with E-state index in [4.69, 9.17) is 0 Å². The van der Waals surface area contributed by atoms with E-state index in [1.54, 1.807) is 0 Å². The highest BCUT2D eigenvalue weighted by Gasteiger charge is 2.23. The van der Waals surface area contributed by atoms with Gasteiger partial charge in [0.05, 0.1) is 12.3 Å². The van der Waals surface area contributed by atoms with Crippen LogP contribution in [0.25, 0.3) is 0 Å². The Labute approximate surface area is 177 Å². The van der Waals surface area contributed by atoms with Gasteiger partial charge in [-0.2, -0.15) is 5.10 Å². The quantitative estimate of drug-likeness (QED) is 0.803. The molecule has 2 aliphatic rings. The van der Waals surface area contributed by atoms with Gasteiger partial charge >= 0.3 is 0 Å². The molecule has 0 bridgehead atoms. The molecule has 1 fully saturated rings. The molecule has 6 heteroatoms. The first-order valence-corrected chi connectivity index (χ1v) is 10.6. The molecule has 0 saturated carbocycles. The molecule has 0 aromatic heterocycles. The van der Waals surface area contributed by atoms with Gasteiger partial charge in [-0.05, 0) is 55.1 Å². The minimum atomic E-state index is -0.0528. The van der Waals surface area contributed by atoms with Crippen molar-refractivity contribution in [2.24, 2.45) is 11.0 Å². The van der Waals surface area contributed by atoms with E-state index < -0.39 is 0 Å². The maximum absolute atomic E-state index is 12.5. The fourth-order valence-electron chi connectivity index (χ4n) is 4.28. The molecule has 2 aromatic rings. The van der Waals surface area contributed by atoms with Crippen LogP contribution in [0.5, 0.6) is 0 Å². The van der Waals surface area contributed by atoms with Crippen LogP contribution < -0.4 is 10.7 Å². The Balaban J connectivity index is 1.27. The molecular weight excluding hydrogens is 376 g/mol. The number of hydrogen-bond donors (Lipinski definition) is 2. The van der Waals surface area contributed by atoms with Gasteiger partial charge in [-0.1, -0.05) is 49.4 Å². The first-order valence-electron chi connectivity index (χ1n) is 10.6. The Kier molecular flexibility index (Phi) is 6.23. The van der Waals surface area contributed by atoms with Crippen LogP contribution >= 0.6 is 0 Å². The van der Waals surface area contributed by atoms with Gasteiger partial charge in [-0.3, -0.25) is 14.5 Å². The average Bonchev–Trinajstić information content (AvgIpc) is 2.76. The van der Waals surface area contributed by atoms with Crippen LogP contribution in [0, 0.1) is 5.92 Å². The molecular formula is C24H28N4O2. The standard InChI is InChI=1S/C24H28N4O2/c1-17-15-22(29)26-27-24(17)20-7-9-21(10-8-20)25-23(30)16-28-13-11-19(12-14-28)18-5-3-2-4-6-18/h2-10,17,19H,11-16H2,1H3,(H,25,30)(H,26,29). The lowest BCUT2D eigenvalue weighted by Gasteiger charge is -2.31. The van der Waals surface area contributed by atoms with Crippen molar-refractivity contribution in [2.75, 3.05) is 25.0 Å². The largest absolute Gasteiger partial charge is 0.325 e.